The van der Waals surface area contributed by atoms with Gasteiger partial charge in [0.2, 0.25) is 0 Å². The van der Waals surface area contributed by atoms with E-state index >= 15 is 0 Å². The molecule has 2 heterocycles. The zero-order valence-corrected chi connectivity index (χ0v) is 12.7. The molecule has 1 aromatic heterocycles. The molecule has 0 spiro atoms. The van der Waals surface area contributed by atoms with Gasteiger partial charge in [-0.25, -0.2) is 0 Å². The predicted molar refractivity (Wildman–Crippen MR) is 78.4 cm³/mol. The fourth-order valence-corrected chi connectivity index (χ4v) is 2.53. The van der Waals surface area contributed by atoms with Gasteiger partial charge >= 0.3 is 0 Å². The van der Waals surface area contributed by atoms with E-state index in [0.717, 1.165) is 51.1 Å². The lowest BCUT2D eigenvalue weighted by Gasteiger charge is -2.14. The van der Waals surface area contributed by atoms with E-state index in [1.807, 2.05) is 0 Å². The van der Waals surface area contributed by atoms with E-state index in [-0.39, 0.29) is 0 Å². The highest BCUT2D eigenvalue weighted by atomic mass is 16.7. The molecule has 1 fully saturated rings. The monoisotopic (exact) mass is 281 g/mol. The lowest BCUT2D eigenvalue weighted by molar-refractivity contribution is 0.0403. The molecule has 2 atom stereocenters. The van der Waals surface area contributed by atoms with E-state index < -0.39 is 0 Å². The van der Waals surface area contributed by atoms with Crippen molar-refractivity contribution >= 4 is 0 Å². The minimum atomic E-state index is 0.300. The zero-order chi connectivity index (χ0) is 14.2. The maximum absolute atomic E-state index is 5.47. The van der Waals surface area contributed by atoms with Gasteiger partial charge in [0.05, 0.1) is 18.4 Å². The maximum atomic E-state index is 5.47. The number of aromatic amines is 1. The summed E-state index contributed by atoms with van der Waals surface area (Å²) >= 11 is 0. The second-order valence-corrected chi connectivity index (χ2v) is 5.72. The third kappa shape index (κ3) is 5.23. The van der Waals surface area contributed by atoms with Gasteiger partial charge in [-0.15, -0.1) is 0 Å². The molecular formula is C15H27N3O2. The predicted octanol–water partition coefficient (Wildman–Crippen LogP) is 2.24. The SMILES string of the molecule is CCCc1cc(CNCCC(C)CC2COCO2)[nH]n1. The number of rotatable bonds is 9. The second kappa shape index (κ2) is 8.39. The van der Waals surface area contributed by atoms with Crippen molar-refractivity contribution in [3.05, 3.63) is 17.5 Å². The Morgan fingerprint density at radius 3 is 3.20 bits per heavy atom. The Morgan fingerprint density at radius 1 is 1.55 bits per heavy atom. The third-order valence-electron chi connectivity index (χ3n) is 3.68. The Kier molecular flexibility index (Phi) is 6.50. The molecule has 2 rings (SSSR count). The molecule has 0 amide bonds. The van der Waals surface area contributed by atoms with Gasteiger partial charge in [-0.2, -0.15) is 5.10 Å². The van der Waals surface area contributed by atoms with Crippen LogP contribution in [0.4, 0.5) is 0 Å². The molecule has 20 heavy (non-hydrogen) atoms. The van der Waals surface area contributed by atoms with Gasteiger partial charge in [0.1, 0.15) is 6.79 Å². The molecule has 2 N–H and O–H groups in total. The van der Waals surface area contributed by atoms with Gasteiger partial charge in [0, 0.05) is 12.2 Å². The number of hydrogen-bond acceptors (Lipinski definition) is 4. The lowest BCUT2D eigenvalue weighted by Crippen LogP contribution is -2.20. The first-order valence-electron chi connectivity index (χ1n) is 7.71. The Hall–Kier alpha value is -0.910. The van der Waals surface area contributed by atoms with Crippen molar-refractivity contribution < 1.29 is 9.47 Å². The molecule has 0 aromatic carbocycles. The van der Waals surface area contributed by atoms with E-state index in [1.54, 1.807) is 0 Å². The van der Waals surface area contributed by atoms with Crippen LogP contribution in [0.25, 0.3) is 0 Å². The highest BCUT2D eigenvalue weighted by Crippen LogP contribution is 2.16. The average Bonchev–Trinajstić information content (AvgIpc) is 3.07. The van der Waals surface area contributed by atoms with Crippen LogP contribution in [-0.4, -0.2) is 36.2 Å². The molecular weight excluding hydrogens is 254 g/mol. The van der Waals surface area contributed by atoms with Gasteiger partial charge < -0.3 is 14.8 Å². The fraction of sp³-hybridized carbons (Fsp3) is 0.800. The van der Waals surface area contributed by atoms with Crippen molar-refractivity contribution in [2.24, 2.45) is 5.92 Å². The Labute approximate surface area is 121 Å². The largest absolute Gasteiger partial charge is 0.353 e. The number of hydrogen-bond donors (Lipinski definition) is 2. The quantitative estimate of drug-likeness (QED) is 0.682. The van der Waals surface area contributed by atoms with Crippen molar-refractivity contribution in [1.82, 2.24) is 15.5 Å². The minimum absolute atomic E-state index is 0.300. The van der Waals surface area contributed by atoms with Gasteiger partial charge in [-0.3, -0.25) is 5.10 Å². The van der Waals surface area contributed by atoms with Crippen LogP contribution in [0, 0.1) is 5.92 Å². The molecule has 2 unspecified atom stereocenters. The molecule has 0 aliphatic carbocycles. The van der Waals surface area contributed by atoms with Crippen molar-refractivity contribution in [3.8, 4) is 0 Å². The van der Waals surface area contributed by atoms with Crippen molar-refractivity contribution in [2.45, 2.75) is 52.2 Å². The van der Waals surface area contributed by atoms with E-state index in [4.69, 9.17) is 9.47 Å². The van der Waals surface area contributed by atoms with E-state index in [9.17, 15) is 0 Å². The van der Waals surface area contributed by atoms with Crippen molar-refractivity contribution in [2.75, 3.05) is 19.9 Å². The molecule has 1 aliphatic heterocycles. The van der Waals surface area contributed by atoms with Crippen molar-refractivity contribution in [3.63, 3.8) is 0 Å². The maximum Gasteiger partial charge on any atom is 0.147 e. The summed E-state index contributed by atoms with van der Waals surface area (Å²) in [4.78, 5) is 0. The molecule has 1 aliphatic rings. The summed E-state index contributed by atoms with van der Waals surface area (Å²) in [6.07, 6.45) is 4.75. The smallest absolute Gasteiger partial charge is 0.147 e. The van der Waals surface area contributed by atoms with Crippen LogP contribution in [-0.2, 0) is 22.4 Å². The van der Waals surface area contributed by atoms with Crippen LogP contribution in [0.1, 0.15) is 44.5 Å². The van der Waals surface area contributed by atoms with E-state index in [0.29, 0.717) is 18.8 Å². The highest BCUT2D eigenvalue weighted by Gasteiger charge is 2.18. The molecule has 114 valence electrons. The minimum Gasteiger partial charge on any atom is -0.353 e. The molecule has 1 aromatic rings. The summed E-state index contributed by atoms with van der Waals surface area (Å²) in [7, 11) is 0. The summed E-state index contributed by atoms with van der Waals surface area (Å²) in [6, 6.07) is 2.16. The highest BCUT2D eigenvalue weighted by molar-refractivity contribution is 5.08. The Bertz CT molecular complexity index is 375. The summed E-state index contributed by atoms with van der Waals surface area (Å²) in [5.41, 5.74) is 2.34. The van der Waals surface area contributed by atoms with Gasteiger partial charge in [0.15, 0.2) is 0 Å². The van der Waals surface area contributed by atoms with Crippen molar-refractivity contribution in [1.29, 1.82) is 0 Å². The second-order valence-electron chi connectivity index (χ2n) is 5.72. The van der Waals surface area contributed by atoms with Crippen LogP contribution >= 0.6 is 0 Å². The fourth-order valence-electron chi connectivity index (χ4n) is 2.53. The number of ether oxygens (including phenoxy) is 2. The first-order chi connectivity index (χ1) is 9.78. The van der Waals surface area contributed by atoms with E-state index in [1.165, 1.54) is 5.69 Å². The normalized spacial score (nSPS) is 20.4. The molecule has 0 saturated carbocycles. The Morgan fingerprint density at radius 2 is 2.45 bits per heavy atom. The van der Waals surface area contributed by atoms with Gasteiger partial charge in [-0.1, -0.05) is 20.3 Å². The number of nitrogens with one attached hydrogen (secondary N) is 2. The molecule has 0 radical (unpaired) electrons. The summed E-state index contributed by atoms with van der Waals surface area (Å²) < 4.78 is 10.7. The van der Waals surface area contributed by atoms with E-state index in [2.05, 4.69) is 35.4 Å². The molecule has 5 nitrogen and oxygen atoms in total. The first kappa shape index (κ1) is 15.5. The average molecular weight is 281 g/mol. The van der Waals surface area contributed by atoms with Crippen LogP contribution in [0.15, 0.2) is 6.07 Å². The number of nitrogens with zero attached hydrogens (tertiary/aromatic N) is 1. The molecule has 0 bridgehead atoms. The Balaban J connectivity index is 1.55. The number of aromatic nitrogens is 2. The first-order valence-corrected chi connectivity index (χ1v) is 7.71. The van der Waals surface area contributed by atoms with Gasteiger partial charge in [-0.05, 0) is 37.8 Å². The lowest BCUT2D eigenvalue weighted by atomic mass is 10.0. The molecule has 1 saturated heterocycles. The van der Waals surface area contributed by atoms with Crippen LogP contribution in [0.5, 0.6) is 0 Å². The topological polar surface area (TPSA) is 59.2 Å². The van der Waals surface area contributed by atoms with Crippen LogP contribution in [0.3, 0.4) is 0 Å². The third-order valence-corrected chi connectivity index (χ3v) is 3.68. The summed E-state index contributed by atoms with van der Waals surface area (Å²) in [6.45, 7) is 7.57. The van der Waals surface area contributed by atoms with Crippen LogP contribution < -0.4 is 5.32 Å². The number of H-pyrrole nitrogens is 1. The number of aryl methyl sites for hydroxylation is 1. The van der Waals surface area contributed by atoms with Gasteiger partial charge in [0.25, 0.3) is 0 Å². The summed E-state index contributed by atoms with van der Waals surface area (Å²) in [5.74, 6) is 0.659. The standard InChI is InChI=1S/C15H27N3O2/c1-3-4-13-8-14(18-17-13)9-16-6-5-12(2)7-15-10-19-11-20-15/h8,12,15-16H,3-7,9-11H2,1-2H3,(H,17,18). The van der Waals surface area contributed by atoms with Crippen LogP contribution in [0.2, 0.25) is 0 Å². The molecule has 5 heteroatoms. The summed E-state index contributed by atoms with van der Waals surface area (Å²) in [5, 5.41) is 10.9. The zero-order valence-electron chi connectivity index (χ0n) is 12.7.